The molecule has 144 heavy (non-hydrogen) atoms. The monoisotopic (exact) mass is 2100 g/mol. The number of nitrogens with two attached hydrogens (primary N) is 1. The number of allylic oxidation sites excluding steroid dienone is 2. The van der Waals surface area contributed by atoms with Crippen molar-refractivity contribution in [3.05, 3.63) is 142 Å². The Labute approximate surface area is 865 Å². The van der Waals surface area contributed by atoms with Crippen LogP contribution in [0.15, 0.2) is 159 Å². The van der Waals surface area contributed by atoms with E-state index in [0.29, 0.717) is 165 Å². The molecular formula is C101H149N17O21S5. The van der Waals surface area contributed by atoms with Gasteiger partial charge in [-0.25, -0.2) is 19.2 Å². The molecule has 38 nitrogen and oxygen atoms in total. The Morgan fingerprint density at radius 2 is 0.729 bits per heavy atom. The Balaban J connectivity index is 0.000000277. The Bertz CT molecular complexity index is 5660. The molecule has 0 spiro atoms. The maximum Gasteiger partial charge on any atom is 0.339 e. The number of aliphatic imine (C=N–C) groups is 9. The summed E-state index contributed by atoms with van der Waals surface area (Å²) >= 11 is 7.47. The average Bonchev–Trinajstić information content (AvgIpc) is 1.57. The molecule has 0 saturated heterocycles. The van der Waals surface area contributed by atoms with E-state index in [1.165, 1.54) is 89.2 Å². The zero-order valence-corrected chi connectivity index (χ0v) is 91.7. The van der Waals surface area contributed by atoms with E-state index in [-0.39, 0.29) is 72.2 Å². The van der Waals surface area contributed by atoms with Crippen LogP contribution in [0, 0.1) is 6.92 Å². The molecule has 10 atom stereocenters. The van der Waals surface area contributed by atoms with Gasteiger partial charge in [0.1, 0.15) is 106 Å². The third kappa shape index (κ3) is 37.5. The van der Waals surface area contributed by atoms with Crippen molar-refractivity contribution < 1.29 is 80.4 Å². The van der Waals surface area contributed by atoms with Crippen molar-refractivity contribution in [1.82, 2.24) is 26.6 Å². The standard InChI is InChI=1S/C24H37N3O8S.C21H32N4O3S.C20H30N4O4S.2C18H25N3O3S/c1-5-7-19(25-23(29)24(4)16-36-22(26-24)17(3)27-30)20-14-18(15-21(28)35-20)34-13-12-33-11-10-32-9-8-31-6-2;1-7-10-16(17-11-15(12-18(26)28-17)25(8-2)9-3)23-20(27)21(5)13-29-19(24-21)14(4)22-6;1-5-7-15(16-10-14(11-17(25)28-16)27-9-6-8-21)23-19(26)20(3)12-29-18(24-20)13(2)22-4;1-6-7-13(14-8-11(2)9-15(22)24-14)20-17(23)18(4)10-25-16(21-18)12(3)19-5;1-5-6-15(12-7-13(22)9-14(23)8-12)20-17(24)18(3)10-25-16(21-18)11(2)19-4/h14-15,19,30H,5-13,16H2,1-4H3,(H,25,29);11-12,16H,7-10,13H2,1-6H3,(H,23,27);10-11,15H,5-9,12,21H2,1-4H3,(H,23,26);8-9,13H,6-7,10H2,1-5H3,(H,20,23);7,9,15,22H,5-6,8,10H2,1-4H3,(H,20,24)/b27-17+;;;;/t19-,24+;16-,21+;15-,20+;13-,18+;15-,18+/m11111/s1. The Morgan fingerprint density at radius 1 is 0.424 bits per heavy atom. The first-order valence-electron chi connectivity index (χ1n) is 48.8. The number of carbonyl (C=O) groups is 6. The molecule has 0 saturated carbocycles. The number of aliphatic hydroxyl groups is 1. The van der Waals surface area contributed by atoms with Crippen LogP contribution in [0.5, 0.6) is 11.5 Å². The molecule has 794 valence electrons. The van der Waals surface area contributed by atoms with Gasteiger partial charge >= 0.3 is 22.5 Å². The summed E-state index contributed by atoms with van der Waals surface area (Å²) < 4.78 is 48.9. The highest BCUT2D eigenvalue weighted by atomic mass is 32.2. The van der Waals surface area contributed by atoms with Crippen LogP contribution in [0.3, 0.4) is 0 Å². The predicted molar refractivity (Wildman–Crippen MR) is 582 cm³/mol. The van der Waals surface area contributed by atoms with Crippen LogP contribution in [0.1, 0.15) is 254 Å². The van der Waals surface area contributed by atoms with E-state index in [0.717, 1.165) is 105 Å². The average molecular weight is 2100 g/mol. The highest BCUT2D eigenvalue weighted by Gasteiger charge is 2.46. The number of aliphatic hydroxyl groups excluding tert-OH is 1. The van der Waals surface area contributed by atoms with E-state index in [2.05, 4.69) is 81.6 Å². The van der Waals surface area contributed by atoms with Crippen molar-refractivity contribution in [2.75, 3.05) is 134 Å². The van der Waals surface area contributed by atoms with Gasteiger partial charge in [-0.2, -0.15) is 0 Å². The van der Waals surface area contributed by atoms with Crippen LogP contribution in [0.25, 0.3) is 0 Å². The second kappa shape index (κ2) is 60.6. The van der Waals surface area contributed by atoms with Crippen molar-refractivity contribution in [1.29, 1.82) is 0 Å². The number of ether oxygens (including phenoxy) is 5. The van der Waals surface area contributed by atoms with Crippen molar-refractivity contribution in [3.8, 4) is 11.5 Å². The highest BCUT2D eigenvalue weighted by molar-refractivity contribution is 8.17. The second-order valence-corrected chi connectivity index (χ2v) is 40.5. The molecule has 0 radical (unpaired) electrons. The molecule has 4 aromatic heterocycles. The lowest BCUT2D eigenvalue weighted by Gasteiger charge is -2.27. The fraction of sp³-hybridized carbons (Fsp3) is 0.604. The summed E-state index contributed by atoms with van der Waals surface area (Å²) in [5, 5.41) is 40.6. The van der Waals surface area contributed by atoms with Crippen LogP contribution >= 0.6 is 58.8 Å². The van der Waals surface area contributed by atoms with E-state index >= 15 is 0 Å². The Kier molecular flexibility index (Phi) is 51.5. The van der Waals surface area contributed by atoms with Crippen LogP contribution < -0.4 is 69.2 Å². The number of oxime groups is 1. The first-order chi connectivity index (χ1) is 68.5. The number of anilines is 1. The fourth-order valence-electron chi connectivity index (χ4n) is 14.6. The molecule has 0 unspecified atom stereocenters. The number of nitrogens with one attached hydrogen (secondary N) is 5. The molecule has 1 aliphatic carbocycles. The van der Waals surface area contributed by atoms with Gasteiger partial charge in [0.2, 0.25) is 29.5 Å². The van der Waals surface area contributed by atoms with Crippen molar-refractivity contribution >= 4 is 154 Å². The number of ketones is 1. The van der Waals surface area contributed by atoms with Gasteiger partial charge in [-0.05, 0) is 165 Å². The lowest BCUT2D eigenvalue weighted by Crippen LogP contribution is -2.48. The van der Waals surface area contributed by atoms with Crippen LogP contribution in [-0.2, 0) is 43.0 Å². The molecule has 43 heteroatoms. The maximum atomic E-state index is 13.1. The number of rotatable bonds is 48. The zero-order valence-electron chi connectivity index (χ0n) is 87.6. The Morgan fingerprint density at radius 3 is 1.05 bits per heavy atom. The maximum absolute atomic E-state index is 13.1. The van der Waals surface area contributed by atoms with Crippen LogP contribution in [0.4, 0.5) is 5.69 Å². The smallest absolute Gasteiger partial charge is 0.339 e. The van der Waals surface area contributed by atoms with Crippen molar-refractivity contribution in [2.45, 2.75) is 267 Å². The van der Waals surface area contributed by atoms with Gasteiger partial charge in [0.25, 0.3) is 0 Å². The van der Waals surface area contributed by atoms with E-state index in [4.69, 9.17) is 52.3 Å². The van der Waals surface area contributed by atoms with Gasteiger partial charge in [-0.1, -0.05) is 71.9 Å². The predicted octanol–water partition coefficient (Wildman–Crippen LogP) is 14.1. The number of hydrogen-bond donors (Lipinski definition) is 8. The first-order valence-corrected chi connectivity index (χ1v) is 53.7. The molecule has 5 amide bonds. The lowest BCUT2D eigenvalue weighted by molar-refractivity contribution is -0.126. The molecule has 10 rings (SSSR count). The van der Waals surface area contributed by atoms with Gasteiger partial charge < -0.3 is 88.9 Å². The van der Waals surface area contributed by atoms with Crippen LogP contribution in [0.2, 0.25) is 0 Å². The van der Waals surface area contributed by atoms with E-state index in [1.807, 2.05) is 117 Å². The van der Waals surface area contributed by atoms with Crippen LogP contribution in [-0.4, -0.2) is 263 Å². The molecule has 0 aromatic carbocycles. The molecule has 0 bridgehead atoms. The molecule has 0 fully saturated rings. The zero-order chi connectivity index (χ0) is 107. The lowest BCUT2D eigenvalue weighted by atomic mass is 9.92. The summed E-state index contributed by atoms with van der Waals surface area (Å²) in [6.07, 6.45) is 11.0. The van der Waals surface area contributed by atoms with Crippen molar-refractivity contribution in [2.24, 2.45) is 55.8 Å². The summed E-state index contributed by atoms with van der Waals surface area (Å²) in [5.74, 6) is 3.82. The minimum atomic E-state index is -1.03. The number of thioether (sulfide) groups is 5. The molecule has 9 heterocycles. The first kappa shape index (κ1) is 122. The van der Waals surface area contributed by atoms with Gasteiger partial charge in [-0.3, -0.25) is 73.7 Å². The second-order valence-electron chi connectivity index (χ2n) is 35.7. The number of aryl methyl sites for hydroxylation is 1. The van der Waals surface area contributed by atoms with Gasteiger partial charge in [0, 0.05) is 125 Å². The largest absolute Gasteiger partial charge is 0.508 e. The summed E-state index contributed by atoms with van der Waals surface area (Å²) in [6.45, 7) is 41.7. The summed E-state index contributed by atoms with van der Waals surface area (Å²) in [6, 6.07) is 10.5. The van der Waals surface area contributed by atoms with E-state index in [9.17, 15) is 53.1 Å². The fourth-order valence-corrected chi connectivity index (χ4v) is 20.5. The Hall–Kier alpha value is -10.4. The minimum Gasteiger partial charge on any atom is -0.508 e. The summed E-state index contributed by atoms with van der Waals surface area (Å²) in [4.78, 5) is 166. The van der Waals surface area contributed by atoms with Gasteiger partial charge in [0.15, 0.2) is 5.78 Å². The SMILES string of the molecule is CCC[C@@H](NC(=O)[C@]1(C)CSC(/C(C)=N/O)=N1)c1cc(OCCOCCOCCOCC)cc(=O)o1.CCC[C@@H](NC(=O)[C@]1(C)CSC(C(C)=NC)=N1)C1=CC(O)=CC(=O)C1.CCC[C@@H](NC(=O)[C@]1(C)CSC(C(C)=NC)=N1)c1cc(C)cc(=O)o1.CCC[C@@H](NC(=O)[C@]1(C)CSC(C(C)=NC)=N1)c1cc(N(CC)CC)cc(=O)o1.CCC[C@@H](NC(=O)[C@]1(C)CSC(C(C)=NC)=N1)c1cc(OCCCN)cc(=O)o1. The number of carbonyl (C=O) groups excluding carboxylic acids is 6. The normalized spacial score (nSPS) is 21.0. The summed E-state index contributed by atoms with van der Waals surface area (Å²) in [5.41, 5.74) is 5.12. The van der Waals surface area contributed by atoms with Gasteiger partial charge in [-0.15, -0.1) is 58.8 Å². The van der Waals surface area contributed by atoms with E-state index in [1.54, 1.807) is 73.2 Å². The van der Waals surface area contributed by atoms with Gasteiger partial charge in [0.05, 0.1) is 105 Å². The summed E-state index contributed by atoms with van der Waals surface area (Å²) in [7, 11) is 6.84. The number of nitrogens with zero attached hydrogens (tertiary/aromatic N) is 11. The molecule has 5 aliphatic heterocycles. The topological polar surface area (TPSA) is 523 Å². The molecular weight excluding hydrogens is 1950 g/mol. The quantitative estimate of drug-likeness (QED) is 0.00881. The third-order valence-corrected chi connectivity index (χ3v) is 30.2. The molecule has 9 N–H and O–H groups in total. The van der Waals surface area contributed by atoms with E-state index < -0.39 is 62.3 Å². The molecule has 6 aliphatic rings. The minimum absolute atomic E-state index is 0.0562. The third-order valence-electron chi connectivity index (χ3n) is 23.4. The molecule has 4 aromatic rings. The van der Waals surface area contributed by atoms with Crippen molar-refractivity contribution in [3.63, 3.8) is 0 Å². The number of amides is 5. The number of hydrogen-bond acceptors (Lipinski definition) is 38. The highest BCUT2D eigenvalue weighted by Crippen LogP contribution is 2.37.